The molecule has 7 nitrogen and oxygen atoms in total. The average molecular weight is 604 g/mol. The number of carbonyl (C=O) groups is 3. The van der Waals surface area contributed by atoms with Crippen LogP contribution in [0.3, 0.4) is 0 Å². The first-order valence-electron chi connectivity index (χ1n) is 17.0. The van der Waals surface area contributed by atoms with Gasteiger partial charge in [0.05, 0.1) is 5.92 Å². The van der Waals surface area contributed by atoms with E-state index < -0.39 is 5.92 Å². The van der Waals surface area contributed by atoms with Gasteiger partial charge in [0, 0.05) is 56.5 Å². The second-order valence-corrected chi connectivity index (χ2v) is 13.0. The molecule has 1 aromatic rings. The normalized spacial score (nSPS) is 27.3. The monoisotopic (exact) mass is 603 g/mol. The van der Waals surface area contributed by atoms with Crippen LogP contribution in [0.25, 0.3) is 0 Å². The number of nitrogens with zero attached hydrogens (tertiary/aromatic N) is 3. The molecular formula is C37H53N3O4. The average Bonchev–Trinajstić information content (AvgIpc) is 3.33. The molecule has 0 unspecified atom stereocenters. The third kappa shape index (κ3) is 9.98. The topological polar surface area (TPSA) is 79.8 Å². The third-order valence-electron chi connectivity index (χ3n) is 9.67. The summed E-state index contributed by atoms with van der Waals surface area (Å²) in [7, 11) is 0. The van der Waals surface area contributed by atoms with Gasteiger partial charge in [0.2, 0.25) is 5.78 Å². The molecule has 44 heavy (non-hydrogen) atoms. The molecule has 2 heterocycles. The fraction of sp³-hybridized carbons (Fsp3) is 0.622. The van der Waals surface area contributed by atoms with Crippen molar-refractivity contribution in [2.24, 2.45) is 11.8 Å². The summed E-state index contributed by atoms with van der Waals surface area (Å²) in [5.41, 5.74) is 1.83. The second kappa shape index (κ2) is 17.4. The molecule has 3 aliphatic rings. The molecule has 240 valence electrons. The first kappa shape index (κ1) is 33.8. The maximum atomic E-state index is 13.4. The summed E-state index contributed by atoms with van der Waals surface area (Å²) in [4.78, 5) is 48.4. The first-order valence-corrected chi connectivity index (χ1v) is 17.0. The summed E-state index contributed by atoms with van der Waals surface area (Å²) in [6.45, 7) is 9.22. The van der Waals surface area contributed by atoms with Crippen molar-refractivity contribution in [3.63, 3.8) is 0 Å². The standard InChI is InChI=1S/C37H53N3O4/c1-28(33-19-11-12-23-38-33)14-13-15-29(2)35-30(3)21-22-32(18-9-6-10-20-34(41)36(35)42)44-37(43)40-26-24-39(25-27-40)31-16-7-4-5-8-17-31/h11-15,19,21-23,28,30-32,35H,4-10,16-18,20,24-27H2,1-3H3/b14-13+,22-21+,29-15+/t28-,30-,32+,35+/m0/s1. The number of aromatic nitrogens is 1. The predicted molar refractivity (Wildman–Crippen MR) is 175 cm³/mol. The van der Waals surface area contributed by atoms with Gasteiger partial charge in [0.15, 0.2) is 5.78 Å². The highest BCUT2D eigenvalue weighted by Gasteiger charge is 2.31. The number of ether oxygens (including phenoxy) is 1. The Bertz CT molecular complexity index is 1160. The van der Waals surface area contributed by atoms with Crippen LogP contribution in [-0.2, 0) is 14.3 Å². The van der Waals surface area contributed by atoms with Crippen molar-refractivity contribution in [3.8, 4) is 0 Å². The fourth-order valence-corrected chi connectivity index (χ4v) is 6.89. The minimum absolute atomic E-state index is 0.126. The predicted octanol–water partition coefficient (Wildman–Crippen LogP) is 7.44. The lowest BCUT2D eigenvalue weighted by Gasteiger charge is -2.39. The summed E-state index contributed by atoms with van der Waals surface area (Å²) in [6.07, 6.45) is 22.3. The van der Waals surface area contributed by atoms with Gasteiger partial charge in [-0.05, 0) is 63.2 Å². The van der Waals surface area contributed by atoms with E-state index in [4.69, 9.17) is 4.74 Å². The van der Waals surface area contributed by atoms with Crippen LogP contribution in [0.15, 0.2) is 60.3 Å². The number of allylic oxidation sites excluding steroid dienone is 5. The molecule has 1 aromatic heterocycles. The van der Waals surface area contributed by atoms with Crippen LogP contribution < -0.4 is 0 Å². The van der Waals surface area contributed by atoms with Crippen LogP contribution in [-0.4, -0.2) is 70.8 Å². The number of hydrogen-bond donors (Lipinski definition) is 0. The number of piperazine rings is 1. The molecule has 7 heteroatoms. The molecule has 2 aliphatic carbocycles. The van der Waals surface area contributed by atoms with Crippen molar-refractivity contribution < 1.29 is 19.1 Å². The van der Waals surface area contributed by atoms with Crippen molar-refractivity contribution in [1.82, 2.24) is 14.8 Å². The van der Waals surface area contributed by atoms with Gasteiger partial charge in [0.25, 0.3) is 0 Å². The number of pyridine rings is 1. The molecule has 0 spiro atoms. The van der Waals surface area contributed by atoms with E-state index in [9.17, 15) is 14.4 Å². The Balaban J connectivity index is 1.39. The molecule has 2 fully saturated rings. The Kier molecular flexibility index (Phi) is 13.4. The Morgan fingerprint density at radius 1 is 0.955 bits per heavy atom. The van der Waals surface area contributed by atoms with Gasteiger partial charge in [-0.3, -0.25) is 19.5 Å². The lowest BCUT2D eigenvalue weighted by atomic mass is 9.81. The van der Waals surface area contributed by atoms with Crippen molar-refractivity contribution in [2.45, 2.75) is 109 Å². The minimum atomic E-state index is -0.554. The largest absolute Gasteiger partial charge is 0.442 e. The highest BCUT2D eigenvalue weighted by Crippen LogP contribution is 2.27. The van der Waals surface area contributed by atoms with E-state index in [1.165, 1.54) is 38.5 Å². The Labute approximate surface area is 264 Å². The van der Waals surface area contributed by atoms with Gasteiger partial charge >= 0.3 is 6.09 Å². The molecular weight excluding hydrogens is 550 g/mol. The number of ketones is 2. The SMILES string of the molecule is C/C(=C\C=C\[C@H](C)c1ccccn1)[C@H]1C(=O)C(=O)CCCCC[C@@H](OC(=O)N2CCN(C3CCCCCC3)CC2)/C=C/[C@@H]1C. The van der Waals surface area contributed by atoms with Crippen LogP contribution >= 0.6 is 0 Å². The maximum Gasteiger partial charge on any atom is 0.410 e. The summed E-state index contributed by atoms with van der Waals surface area (Å²) < 4.78 is 6.06. The number of carbonyl (C=O) groups excluding carboxylic acids is 3. The molecule has 0 aromatic carbocycles. The van der Waals surface area contributed by atoms with Crippen LogP contribution in [0.1, 0.15) is 103 Å². The molecule has 1 aliphatic heterocycles. The summed E-state index contributed by atoms with van der Waals surface area (Å²) in [6, 6.07) is 6.53. The van der Waals surface area contributed by atoms with E-state index >= 15 is 0 Å². The van der Waals surface area contributed by atoms with Gasteiger partial charge in [0.1, 0.15) is 6.10 Å². The lowest BCUT2D eigenvalue weighted by Crippen LogP contribution is -2.52. The quantitative estimate of drug-likeness (QED) is 0.146. The number of amides is 1. The Morgan fingerprint density at radius 2 is 1.66 bits per heavy atom. The van der Waals surface area contributed by atoms with E-state index in [1.807, 2.05) is 61.3 Å². The molecule has 0 bridgehead atoms. The summed E-state index contributed by atoms with van der Waals surface area (Å²) in [5, 5.41) is 0. The summed E-state index contributed by atoms with van der Waals surface area (Å²) in [5.74, 6) is -1.26. The van der Waals surface area contributed by atoms with Crippen molar-refractivity contribution in [3.05, 3.63) is 66.0 Å². The number of hydrogen-bond acceptors (Lipinski definition) is 6. The van der Waals surface area contributed by atoms with Gasteiger partial charge in [-0.1, -0.05) is 81.9 Å². The van der Waals surface area contributed by atoms with Crippen LogP contribution in [0.4, 0.5) is 4.79 Å². The van der Waals surface area contributed by atoms with Gasteiger partial charge in [-0.15, -0.1) is 0 Å². The molecule has 4 rings (SSSR count). The second-order valence-electron chi connectivity index (χ2n) is 13.0. The first-order chi connectivity index (χ1) is 21.3. The molecule has 1 saturated heterocycles. The molecule has 0 N–H and O–H groups in total. The molecule has 0 radical (unpaired) electrons. The van der Waals surface area contributed by atoms with Crippen LogP contribution in [0, 0.1) is 11.8 Å². The van der Waals surface area contributed by atoms with Crippen molar-refractivity contribution >= 4 is 17.7 Å². The molecule has 1 saturated carbocycles. The fourth-order valence-electron chi connectivity index (χ4n) is 6.89. The molecule has 4 atom stereocenters. The minimum Gasteiger partial charge on any atom is -0.442 e. The third-order valence-corrected chi connectivity index (χ3v) is 9.67. The van der Waals surface area contributed by atoms with E-state index in [-0.39, 0.29) is 42.0 Å². The van der Waals surface area contributed by atoms with Gasteiger partial charge in [-0.25, -0.2) is 4.79 Å². The maximum absolute atomic E-state index is 13.4. The summed E-state index contributed by atoms with van der Waals surface area (Å²) >= 11 is 0. The number of Topliss-reactive ketones (excluding diaryl/α,β-unsaturated/α-hetero) is 2. The Hall–Kier alpha value is -3.06. The highest BCUT2D eigenvalue weighted by atomic mass is 16.6. The van der Waals surface area contributed by atoms with Crippen LogP contribution in [0.5, 0.6) is 0 Å². The van der Waals surface area contributed by atoms with Crippen molar-refractivity contribution in [2.75, 3.05) is 26.2 Å². The zero-order valence-electron chi connectivity index (χ0n) is 27.2. The molecule has 1 amide bonds. The van der Waals surface area contributed by atoms with Gasteiger partial charge < -0.3 is 9.64 Å². The van der Waals surface area contributed by atoms with E-state index in [0.717, 1.165) is 37.2 Å². The lowest BCUT2D eigenvalue weighted by molar-refractivity contribution is -0.139. The van der Waals surface area contributed by atoms with E-state index in [0.29, 0.717) is 32.0 Å². The number of rotatable bonds is 6. The smallest absolute Gasteiger partial charge is 0.410 e. The zero-order valence-corrected chi connectivity index (χ0v) is 27.2. The Morgan fingerprint density at radius 3 is 2.36 bits per heavy atom. The van der Waals surface area contributed by atoms with Crippen molar-refractivity contribution in [1.29, 1.82) is 0 Å². The van der Waals surface area contributed by atoms with Crippen LogP contribution in [0.2, 0.25) is 0 Å². The highest BCUT2D eigenvalue weighted by molar-refractivity contribution is 6.38. The zero-order chi connectivity index (χ0) is 31.3. The van der Waals surface area contributed by atoms with Gasteiger partial charge in [-0.2, -0.15) is 0 Å². The van der Waals surface area contributed by atoms with E-state index in [1.54, 1.807) is 6.20 Å². The van der Waals surface area contributed by atoms with E-state index in [2.05, 4.69) is 22.9 Å².